The molecule has 1 aliphatic rings. The van der Waals surface area contributed by atoms with Gasteiger partial charge in [-0.05, 0) is 41.8 Å². The van der Waals surface area contributed by atoms with Crippen LogP contribution in [0.4, 0.5) is 0 Å². The normalized spacial score (nSPS) is 12.7. The Balaban J connectivity index is 1.41. The molecular formula is C25H25N3O5. The standard InChI is InChI=1S/C25H25N3O5/c1-3-19(23(29)26-2)17-8-6-16(7-9-17)14-28-24(30)20-5-4-12-27-25(20)33-18-10-11-21-22(13-18)32-15-31-21/h4-13,19H,3,14-15H2,1-2H3,(H,26,29)(H,28,30). The Morgan fingerprint density at radius 2 is 1.88 bits per heavy atom. The Hall–Kier alpha value is -4.07. The average molecular weight is 447 g/mol. The van der Waals surface area contributed by atoms with Crippen LogP contribution in [0, 0.1) is 0 Å². The molecule has 0 spiro atoms. The number of nitrogens with zero attached hydrogens (tertiary/aromatic N) is 1. The van der Waals surface area contributed by atoms with Crippen LogP contribution in [0.3, 0.4) is 0 Å². The van der Waals surface area contributed by atoms with Crippen LogP contribution in [0.5, 0.6) is 23.1 Å². The number of carbonyl (C=O) groups excluding carboxylic acids is 2. The zero-order chi connectivity index (χ0) is 23.2. The minimum Gasteiger partial charge on any atom is -0.454 e. The number of ether oxygens (including phenoxy) is 3. The van der Waals surface area contributed by atoms with Gasteiger partial charge in [-0.1, -0.05) is 31.2 Å². The third-order valence-corrected chi connectivity index (χ3v) is 5.38. The van der Waals surface area contributed by atoms with E-state index < -0.39 is 0 Å². The van der Waals surface area contributed by atoms with Crippen LogP contribution in [0.2, 0.25) is 0 Å². The van der Waals surface area contributed by atoms with Gasteiger partial charge >= 0.3 is 0 Å². The highest BCUT2D eigenvalue weighted by Crippen LogP contribution is 2.36. The van der Waals surface area contributed by atoms with Gasteiger partial charge < -0.3 is 24.8 Å². The lowest BCUT2D eigenvalue weighted by Crippen LogP contribution is -2.25. The van der Waals surface area contributed by atoms with Gasteiger partial charge in [-0.3, -0.25) is 9.59 Å². The summed E-state index contributed by atoms with van der Waals surface area (Å²) >= 11 is 0. The lowest BCUT2D eigenvalue weighted by Gasteiger charge is -2.14. The number of hydrogen-bond donors (Lipinski definition) is 2. The van der Waals surface area contributed by atoms with E-state index >= 15 is 0 Å². The van der Waals surface area contributed by atoms with Crippen LogP contribution in [-0.2, 0) is 11.3 Å². The van der Waals surface area contributed by atoms with Crippen LogP contribution in [0.1, 0.15) is 40.7 Å². The highest BCUT2D eigenvalue weighted by atomic mass is 16.7. The summed E-state index contributed by atoms with van der Waals surface area (Å²) in [7, 11) is 1.64. The molecule has 8 heteroatoms. The predicted octanol–water partition coefficient (Wildman–Crippen LogP) is 3.77. The van der Waals surface area contributed by atoms with E-state index in [0.717, 1.165) is 11.1 Å². The quantitative estimate of drug-likeness (QED) is 0.545. The van der Waals surface area contributed by atoms with Gasteiger partial charge in [0.1, 0.15) is 11.3 Å². The molecule has 170 valence electrons. The molecule has 1 aliphatic heterocycles. The van der Waals surface area contributed by atoms with Crippen molar-refractivity contribution in [3.8, 4) is 23.1 Å². The minimum atomic E-state index is -0.306. The average Bonchev–Trinajstić information content (AvgIpc) is 3.32. The zero-order valence-electron chi connectivity index (χ0n) is 18.5. The molecule has 8 nitrogen and oxygen atoms in total. The third kappa shape index (κ3) is 5.06. The zero-order valence-corrected chi connectivity index (χ0v) is 18.5. The Labute approximate surface area is 191 Å². The molecule has 3 aromatic rings. The van der Waals surface area contributed by atoms with Crippen molar-refractivity contribution in [1.29, 1.82) is 0 Å². The van der Waals surface area contributed by atoms with Crippen molar-refractivity contribution in [2.24, 2.45) is 0 Å². The van der Waals surface area contributed by atoms with E-state index in [4.69, 9.17) is 14.2 Å². The number of pyridine rings is 1. The van der Waals surface area contributed by atoms with E-state index in [-0.39, 0.29) is 30.4 Å². The number of benzene rings is 2. The number of amides is 2. The molecule has 0 fully saturated rings. The fourth-order valence-electron chi connectivity index (χ4n) is 3.59. The van der Waals surface area contributed by atoms with E-state index in [0.29, 0.717) is 35.8 Å². The van der Waals surface area contributed by atoms with E-state index in [1.54, 1.807) is 43.6 Å². The van der Waals surface area contributed by atoms with Gasteiger partial charge in [0.2, 0.25) is 18.6 Å². The molecule has 2 amide bonds. The maximum Gasteiger partial charge on any atom is 0.257 e. The number of likely N-dealkylation sites (N-methyl/N-ethyl adjacent to an activating group) is 1. The fraction of sp³-hybridized carbons (Fsp3) is 0.240. The molecular weight excluding hydrogens is 422 g/mol. The second kappa shape index (κ2) is 10.0. The smallest absolute Gasteiger partial charge is 0.257 e. The molecule has 2 aromatic carbocycles. The van der Waals surface area contributed by atoms with Gasteiger partial charge in [-0.15, -0.1) is 0 Å². The van der Waals surface area contributed by atoms with Crippen LogP contribution in [0.25, 0.3) is 0 Å². The highest BCUT2D eigenvalue weighted by molar-refractivity contribution is 5.96. The summed E-state index contributed by atoms with van der Waals surface area (Å²) in [6.07, 6.45) is 2.28. The maximum absolute atomic E-state index is 12.8. The van der Waals surface area contributed by atoms with E-state index in [9.17, 15) is 9.59 Å². The summed E-state index contributed by atoms with van der Waals surface area (Å²) in [5, 5.41) is 5.59. The molecule has 0 saturated carbocycles. The van der Waals surface area contributed by atoms with Crippen molar-refractivity contribution in [3.05, 3.63) is 77.5 Å². The van der Waals surface area contributed by atoms with Crippen molar-refractivity contribution in [2.45, 2.75) is 25.8 Å². The first-order chi connectivity index (χ1) is 16.1. The lowest BCUT2D eigenvalue weighted by atomic mass is 9.95. The van der Waals surface area contributed by atoms with E-state index in [1.807, 2.05) is 31.2 Å². The topological polar surface area (TPSA) is 98.8 Å². The number of rotatable bonds is 8. The molecule has 1 unspecified atom stereocenters. The number of hydrogen-bond acceptors (Lipinski definition) is 6. The Morgan fingerprint density at radius 3 is 2.64 bits per heavy atom. The maximum atomic E-state index is 12.8. The Bertz CT molecular complexity index is 1150. The number of carbonyl (C=O) groups is 2. The SMILES string of the molecule is CCC(C(=O)NC)c1ccc(CNC(=O)c2cccnc2Oc2ccc3c(c2)OCO3)cc1. The molecule has 1 aromatic heterocycles. The summed E-state index contributed by atoms with van der Waals surface area (Å²) in [4.78, 5) is 29.1. The summed E-state index contributed by atoms with van der Waals surface area (Å²) in [5.74, 6) is 1.41. The molecule has 0 bridgehead atoms. The molecule has 1 atom stereocenters. The second-order valence-corrected chi connectivity index (χ2v) is 7.47. The minimum absolute atomic E-state index is 0.00915. The van der Waals surface area contributed by atoms with Crippen molar-refractivity contribution >= 4 is 11.8 Å². The molecule has 4 rings (SSSR count). The molecule has 2 N–H and O–H groups in total. The first-order valence-electron chi connectivity index (χ1n) is 10.7. The number of nitrogens with one attached hydrogen (secondary N) is 2. The molecule has 0 aliphatic carbocycles. The first kappa shape index (κ1) is 22.1. The molecule has 0 saturated heterocycles. The summed E-state index contributed by atoms with van der Waals surface area (Å²) in [6, 6.07) is 16.2. The van der Waals surface area contributed by atoms with Crippen molar-refractivity contribution in [3.63, 3.8) is 0 Å². The van der Waals surface area contributed by atoms with Crippen LogP contribution in [-0.4, -0.2) is 30.6 Å². The number of fused-ring (bicyclic) bond motifs is 1. The van der Waals surface area contributed by atoms with Gasteiger partial charge in [0.25, 0.3) is 5.91 Å². The van der Waals surface area contributed by atoms with Gasteiger partial charge in [0.05, 0.1) is 5.92 Å². The summed E-state index contributed by atoms with van der Waals surface area (Å²) in [5.41, 5.74) is 2.18. The highest BCUT2D eigenvalue weighted by Gasteiger charge is 2.19. The van der Waals surface area contributed by atoms with Crippen LogP contribution in [0.15, 0.2) is 60.8 Å². The largest absolute Gasteiger partial charge is 0.454 e. The molecule has 2 heterocycles. The van der Waals surface area contributed by atoms with E-state index in [1.165, 1.54) is 0 Å². The van der Waals surface area contributed by atoms with Gasteiger partial charge in [-0.25, -0.2) is 4.98 Å². The van der Waals surface area contributed by atoms with Crippen molar-refractivity contribution in [2.75, 3.05) is 13.8 Å². The Morgan fingerprint density at radius 1 is 1.09 bits per heavy atom. The van der Waals surface area contributed by atoms with E-state index in [2.05, 4.69) is 15.6 Å². The fourth-order valence-corrected chi connectivity index (χ4v) is 3.59. The van der Waals surface area contributed by atoms with Crippen LogP contribution >= 0.6 is 0 Å². The lowest BCUT2D eigenvalue weighted by molar-refractivity contribution is -0.122. The van der Waals surface area contributed by atoms with Gasteiger partial charge in [0, 0.05) is 25.9 Å². The van der Waals surface area contributed by atoms with Gasteiger partial charge in [-0.2, -0.15) is 0 Å². The summed E-state index contributed by atoms with van der Waals surface area (Å²) < 4.78 is 16.5. The monoisotopic (exact) mass is 447 g/mol. The summed E-state index contributed by atoms with van der Waals surface area (Å²) in [6.45, 7) is 2.47. The van der Waals surface area contributed by atoms with Gasteiger partial charge in [0.15, 0.2) is 11.5 Å². The number of aromatic nitrogens is 1. The van der Waals surface area contributed by atoms with Crippen molar-refractivity contribution in [1.82, 2.24) is 15.6 Å². The molecule has 33 heavy (non-hydrogen) atoms. The molecule has 0 radical (unpaired) electrons. The first-order valence-corrected chi connectivity index (χ1v) is 10.7. The van der Waals surface area contributed by atoms with Crippen molar-refractivity contribution < 1.29 is 23.8 Å². The van der Waals surface area contributed by atoms with Crippen LogP contribution < -0.4 is 24.8 Å². The third-order valence-electron chi connectivity index (χ3n) is 5.38. The Kier molecular flexibility index (Phi) is 6.73. The predicted molar refractivity (Wildman–Crippen MR) is 122 cm³/mol. The second-order valence-electron chi connectivity index (χ2n) is 7.47.